The Morgan fingerprint density at radius 1 is 1.11 bits per heavy atom. The number of ether oxygens (including phenoxy) is 2. The smallest absolute Gasteiger partial charge is 0.269 e. The van der Waals surface area contributed by atoms with Gasteiger partial charge >= 0.3 is 0 Å². The van der Waals surface area contributed by atoms with Gasteiger partial charge in [0.2, 0.25) is 5.88 Å². The van der Waals surface area contributed by atoms with E-state index in [0.29, 0.717) is 28.2 Å². The number of hydrogen-bond acceptors (Lipinski definition) is 8. The van der Waals surface area contributed by atoms with Gasteiger partial charge in [0, 0.05) is 17.1 Å². The number of methoxy groups -OCH3 is 1. The van der Waals surface area contributed by atoms with Gasteiger partial charge in [0.15, 0.2) is 9.84 Å². The molecule has 1 amide bonds. The lowest BCUT2D eigenvalue weighted by Gasteiger charge is -2.10. The molecule has 5 rings (SSSR count). The summed E-state index contributed by atoms with van der Waals surface area (Å²) in [7, 11) is -2.27. The zero-order valence-corrected chi connectivity index (χ0v) is 21.0. The van der Waals surface area contributed by atoms with Crippen LogP contribution in [0.25, 0.3) is 22.3 Å². The maximum atomic E-state index is 13.2. The van der Waals surface area contributed by atoms with Crippen LogP contribution in [-0.4, -0.2) is 48.7 Å². The number of sulfone groups is 1. The minimum atomic E-state index is -3.54. The summed E-state index contributed by atoms with van der Waals surface area (Å²) in [6.45, 7) is 0.348. The maximum absolute atomic E-state index is 13.2. The second-order valence-corrected chi connectivity index (χ2v) is 10.6. The number of amides is 1. The van der Waals surface area contributed by atoms with E-state index in [1.54, 1.807) is 36.5 Å². The molecule has 0 saturated heterocycles. The van der Waals surface area contributed by atoms with Crippen molar-refractivity contribution in [1.29, 1.82) is 0 Å². The lowest BCUT2D eigenvalue weighted by atomic mass is 10.1. The Morgan fingerprint density at radius 3 is 2.68 bits per heavy atom. The Hall–Kier alpha value is -4.03. The number of nitrogens with one attached hydrogen (secondary N) is 1. The Balaban J connectivity index is 1.36. The van der Waals surface area contributed by atoms with Crippen LogP contribution in [-0.2, 0) is 27.7 Å². The average Bonchev–Trinajstić information content (AvgIpc) is 3.08. The van der Waals surface area contributed by atoms with E-state index in [-0.39, 0.29) is 47.4 Å². The van der Waals surface area contributed by atoms with Crippen molar-refractivity contribution >= 4 is 26.6 Å². The Bertz CT molecular complexity index is 1650. The second kappa shape index (κ2) is 10.4. The first kappa shape index (κ1) is 25.6. The van der Waals surface area contributed by atoms with Crippen LogP contribution in [0.3, 0.4) is 0 Å². The molecule has 0 fully saturated rings. The molecule has 9 nitrogen and oxygen atoms in total. The summed E-state index contributed by atoms with van der Waals surface area (Å²) in [5.41, 5.74) is 2.33. The van der Waals surface area contributed by atoms with Gasteiger partial charge < -0.3 is 14.8 Å². The molecule has 1 aliphatic heterocycles. The van der Waals surface area contributed by atoms with Crippen molar-refractivity contribution in [1.82, 2.24) is 20.3 Å². The van der Waals surface area contributed by atoms with Crippen molar-refractivity contribution in [3.8, 4) is 17.3 Å². The number of pyridine rings is 3. The van der Waals surface area contributed by atoms with E-state index < -0.39 is 22.2 Å². The number of fused-ring (bicyclic) bond motifs is 2. The number of benzene rings is 1. The summed E-state index contributed by atoms with van der Waals surface area (Å²) in [5.74, 6) is -0.762. The van der Waals surface area contributed by atoms with Crippen LogP contribution in [0.15, 0.2) is 59.6 Å². The van der Waals surface area contributed by atoms with Crippen LogP contribution in [0.5, 0.6) is 5.88 Å². The standard InChI is InChI=1S/C26H22F2N4O5S/c1-36-26-19(24(27)28)5-7-21(32-26)20-6-4-16-12-29-18(11-22(16)31-20)13-30-25(33)15-2-3-17-14-37-8-9-38(34,35)23(17)10-15/h2-7,10-12,24H,8-9,13-14H2,1H3,(H,30,33). The van der Waals surface area contributed by atoms with E-state index in [9.17, 15) is 22.0 Å². The minimum Gasteiger partial charge on any atom is -0.481 e. The van der Waals surface area contributed by atoms with Crippen molar-refractivity contribution in [3.63, 3.8) is 0 Å². The van der Waals surface area contributed by atoms with Gasteiger partial charge in [-0.15, -0.1) is 0 Å². The summed E-state index contributed by atoms with van der Waals surface area (Å²) in [6, 6.07) is 12.4. The van der Waals surface area contributed by atoms with Crippen LogP contribution in [0.4, 0.5) is 8.78 Å². The quantitative estimate of drug-likeness (QED) is 0.391. The molecule has 0 atom stereocenters. The normalized spacial score (nSPS) is 14.6. The second-order valence-electron chi connectivity index (χ2n) is 8.54. The zero-order valence-electron chi connectivity index (χ0n) is 20.1. The molecule has 4 heterocycles. The monoisotopic (exact) mass is 540 g/mol. The highest BCUT2D eigenvalue weighted by molar-refractivity contribution is 7.91. The van der Waals surface area contributed by atoms with Crippen LogP contribution in [0.2, 0.25) is 0 Å². The Labute approximate surface area is 216 Å². The van der Waals surface area contributed by atoms with Crippen molar-refractivity contribution in [2.45, 2.75) is 24.5 Å². The third kappa shape index (κ3) is 5.18. The number of halogens is 2. The van der Waals surface area contributed by atoms with E-state index in [1.165, 1.54) is 25.3 Å². The lowest BCUT2D eigenvalue weighted by Crippen LogP contribution is -2.23. The van der Waals surface area contributed by atoms with Crippen molar-refractivity contribution in [3.05, 3.63) is 77.1 Å². The van der Waals surface area contributed by atoms with Crippen molar-refractivity contribution in [2.75, 3.05) is 19.5 Å². The molecule has 3 aromatic heterocycles. The van der Waals surface area contributed by atoms with E-state index in [2.05, 4.69) is 20.3 Å². The SMILES string of the molecule is COc1nc(-c2ccc3cnc(CNC(=O)c4ccc5c(c4)S(=O)(=O)CCOC5)cc3n2)ccc1C(F)F. The van der Waals surface area contributed by atoms with Crippen LogP contribution in [0.1, 0.15) is 33.6 Å². The molecule has 0 saturated carbocycles. The third-order valence-corrected chi connectivity index (χ3v) is 7.81. The molecular formula is C26H22F2N4O5S. The van der Waals surface area contributed by atoms with E-state index >= 15 is 0 Å². The van der Waals surface area contributed by atoms with Gasteiger partial charge in [-0.25, -0.2) is 27.2 Å². The number of alkyl halides is 2. The average molecular weight is 541 g/mol. The molecule has 0 bridgehead atoms. The van der Waals surface area contributed by atoms with Gasteiger partial charge in [0.1, 0.15) is 0 Å². The topological polar surface area (TPSA) is 120 Å². The fraction of sp³-hybridized carbons (Fsp3) is 0.231. The molecule has 12 heteroatoms. The van der Waals surface area contributed by atoms with Crippen molar-refractivity contribution in [2.24, 2.45) is 0 Å². The highest BCUT2D eigenvalue weighted by atomic mass is 32.2. The number of carbonyl (C=O) groups is 1. The summed E-state index contributed by atoms with van der Waals surface area (Å²) in [6.07, 6.45) is -1.11. The number of hydrogen-bond donors (Lipinski definition) is 1. The minimum absolute atomic E-state index is 0.0722. The van der Waals surface area contributed by atoms with E-state index in [0.717, 1.165) is 5.39 Å². The first-order valence-corrected chi connectivity index (χ1v) is 13.2. The van der Waals surface area contributed by atoms with E-state index in [1.807, 2.05) is 0 Å². The Morgan fingerprint density at radius 2 is 1.89 bits per heavy atom. The van der Waals surface area contributed by atoms with Crippen LogP contribution in [0, 0.1) is 0 Å². The number of rotatable bonds is 6. The summed E-state index contributed by atoms with van der Waals surface area (Å²) in [4.78, 5) is 26.0. The van der Waals surface area contributed by atoms with Gasteiger partial charge in [0.05, 0.1) is 65.7 Å². The van der Waals surface area contributed by atoms with Crippen molar-refractivity contribution < 1.29 is 31.5 Å². The molecule has 0 spiro atoms. The summed E-state index contributed by atoms with van der Waals surface area (Å²) >= 11 is 0. The molecule has 196 valence electrons. The van der Waals surface area contributed by atoms with Gasteiger partial charge in [-0.2, -0.15) is 0 Å². The molecule has 1 N–H and O–H groups in total. The first-order chi connectivity index (χ1) is 18.2. The molecule has 0 aliphatic carbocycles. The van der Waals surface area contributed by atoms with Gasteiger partial charge in [0.25, 0.3) is 12.3 Å². The highest BCUT2D eigenvalue weighted by Gasteiger charge is 2.24. The summed E-state index contributed by atoms with van der Waals surface area (Å²) < 4.78 is 61.7. The van der Waals surface area contributed by atoms with Gasteiger partial charge in [-0.05, 0) is 48.0 Å². The molecule has 0 radical (unpaired) electrons. The zero-order chi connectivity index (χ0) is 26.9. The molecule has 4 aromatic rings. The highest BCUT2D eigenvalue weighted by Crippen LogP contribution is 2.30. The molecular weight excluding hydrogens is 518 g/mol. The number of nitrogens with zero attached hydrogens (tertiary/aromatic N) is 3. The molecule has 38 heavy (non-hydrogen) atoms. The number of aromatic nitrogens is 3. The lowest BCUT2D eigenvalue weighted by molar-refractivity contribution is 0.0950. The maximum Gasteiger partial charge on any atom is 0.269 e. The predicted octanol–water partition coefficient (Wildman–Crippen LogP) is 3.87. The van der Waals surface area contributed by atoms with Gasteiger partial charge in [-0.1, -0.05) is 6.07 Å². The molecule has 1 aromatic carbocycles. The van der Waals surface area contributed by atoms with Crippen LogP contribution < -0.4 is 10.1 Å². The third-order valence-electron chi connectivity index (χ3n) is 6.06. The number of carbonyl (C=O) groups excluding carboxylic acids is 1. The summed E-state index contributed by atoms with van der Waals surface area (Å²) in [5, 5.41) is 3.49. The fourth-order valence-electron chi connectivity index (χ4n) is 4.06. The van der Waals surface area contributed by atoms with E-state index in [4.69, 9.17) is 9.47 Å². The van der Waals surface area contributed by atoms with Gasteiger partial charge in [-0.3, -0.25) is 9.78 Å². The molecule has 0 unspecified atom stereocenters. The van der Waals surface area contributed by atoms with Crippen LogP contribution >= 0.6 is 0 Å². The Kier molecular flexibility index (Phi) is 7.00. The first-order valence-electron chi connectivity index (χ1n) is 11.6. The predicted molar refractivity (Wildman–Crippen MR) is 134 cm³/mol. The fourth-order valence-corrected chi connectivity index (χ4v) is 5.45. The largest absolute Gasteiger partial charge is 0.481 e. The molecule has 1 aliphatic rings.